The van der Waals surface area contributed by atoms with Crippen LogP contribution in [0.3, 0.4) is 0 Å². The summed E-state index contributed by atoms with van der Waals surface area (Å²) in [4.78, 5) is 16.5. The smallest absolute Gasteiger partial charge is 0.244 e. The van der Waals surface area contributed by atoms with E-state index in [1.165, 1.54) is 0 Å². The maximum absolute atomic E-state index is 12.4. The molecule has 2 heterocycles. The Morgan fingerprint density at radius 1 is 1.30 bits per heavy atom. The van der Waals surface area contributed by atoms with E-state index in [9.17, 15) is 4.79 Å². The summed E-state index contributed by atoms with van der Waals surface area (Å²) in [7, 11) is 0. The topological polar surface area (TPSA) is 77.2 Å². The third kappa shape index (κ3) is 2.37. The number of hydrogen-bond donors (Lipinski definition) is 2. The number of ether oxygens (including phenoxy) is 1. The molecule has 0 radical (unpaired) electrons. The third-order valence-electron chi connectivity index (χ3n) is 3.77. The molecular weight excluding hydrogens is 254 g/mol. The van der Waals surface area contributed by atoms with E-state index in [1.54, 1.807) is 12.4 Å². The van der Waals surface area contributed by atoms with E-state index in [0.717, 1.165) is 16.5 Å². The van der Waals surface area contributed by atoms with Crippen molar-refractivity contribution in [1.29, 1.82) is 0 Å². The second kappa shape index (κ2) is 5.19. The van der Waals surface area contributed by atoms with Gasteiger partial charge >= 0.3 is 0 Å². The van der Waals surface area contributed by atoms with Crippen LogP contribution in [-0.4, -0.2) is 29.6 Å². The molecule has 1 saturated heterocycles. The fraction of sp³-hybridized carbons (Fsp3) is 0.333. The summed E-state index contributed by atoms with van der Waals surface area (Å²) >= 11 is 0. The fourth-order valence-corrected chi connectivity index (χ4v) is 2.44. The van der Waals surface area contributed by atoms with Gasteiger partial charge in [0.1, 0.15) is 5.54 Å². The molecule has 1 fully saturated rings. The normalized spacial score (nSPS) is 17.9. The summed E-state index contributed by atoms with van der Waals surface area (Å²) < 4.78 is 5.27. The summed E-state index contributed by atoms with van der Waals surface area (Å²) in [5.41, 5.74) is 6.12. The molecule has 5 heteroatoms. The Bertz CT molecular complexity index is 631. The fourth-order valence-electron chi connectivity index (χ4n) is 2.44. The summed E-state index contributed by atoms with van der Waals surface area (Å²) in [6.45, 7) is 1.06. The Morgan fingerprint density at radius 2 is 2.10 bits per heavy atom. The predicted octanol–water partition coefficient (Wildman–Crippen LogP) is 1.68. The number of anilines is 1. The molecule has 5 nitrogen and oxygen atoms in total. The van der Waals surface area contributed by atoms with Crippen LogP contribution in [-0.2, 0) is 9.53 Å². The van der Waals surface area contributed by atoms with Crippen LogP contribution >= 0.6 is 0 Å². The Kier molecular flexibility index (Phi) is 3.38. The second-order valence-corrected chi connectivity index (χ2v) is 5.13. The maximum atomic E-state index is 12.4. The minimum absolute atomic E-state index is 0.148. The number of pyridine rings is 1. The lowest BCUT2D eigenvalue weighted by Gasteiger charge is -2.31. The van der Waals surface area contributed by atoms with Gasteiger partial charge in [0.2, 0.25) is 5.91 Å². The molecule has 1 aromatic heterocycles. The van der Waals surface area contributed by atoms with Gasteiger partial charge in [-0.2, -0.15) is 0 Å². The van der Waals surface area contributed by atoms with Gasteiger partial charge in [-0.3, -0.25) is 9.78 Å². The summed E-state index contributed by atoms with van der Waals surface area (Å²) in [6, 6.07) is 7.62. The van der Waals surface area contributed by atoms with E-state index in [0.29, 0.717) is 26.1 Å². The minimum atomic E-state index is -0.840. The number of carbonyl (C=O) groups is 1. The lowest BCUT2D eigenvalue weighted by molar-refractivity contribution is -0.124. The van der Waals surface area contributed by atoms with E-state index >= 15 is 0 Å². The molecule has 104 valence electrons. The molecule has 20 heavy (non-hydrogen) atoms. The predicted molar refractivity (Wildman–Crippen MR) is 77.3 cm³/mol. The Hall–Kier alpha value is -1.98. The number of fused-ring (bicyclic) bond motifs is 1. The molecule has 1 amide bonds. The van der Waals surface area contributed by atoms with Crippen LogP contribution in [0.25, 0.3) is 10.8 Å². The molecule has 2 aromatic rings. The number of nitrogens with zero attached hydrogens (tertiary/aromatic N) is 1. The van der Waals surface area contributed by atoms with Gasteiger partial charge in [-0.05, 0) is 25.0 Å². The lowest BCUT2D eigenvalue weighted by atomic mass is 9.90. The first-order chi connectivity index (χ1) is 9.69. The number of aromatic nitrogens is 1. The molecular formula is C15H17N3O2. The van der Waals surface area contributed by atoms with Crippen LogP contribution < -0.4 is 11.1 Å². The van der Waals surface area contributed by atoms with Crippen LogP contribution in [0.4, 0.5) is 5.69 Å². The first kappa shape index (κ1) is 13.0. The third-order valence-corrected chi connectivity index (χ3v) is 3.77. The van der Waals surface area contributed by atoms with Crippen molar-refractivity contribution in [2.75, 3.05) is 18.5 Å². The van der Waals surface area contributed by atoms with Gasteiger partial charge < -0.3 is 15.8 Å². The molecule has 3 N–H and O–H groups in total. The highest BCUT2D eigenvalue weighted by Gasteiger charge is 2.36. The highest BCUT2D eigenvalue weighted by atomic mass is 16.5. The molecule has 0 saturated carbocycles. The largest absolute Gasteiger partial charge is 0.381 e. The SMILES string of the molecule is NC1(C(=O)Nc2cccc3cnccc23)CCOCC1. The highest BCUT2D eigenvalue weighted by molar-refractivity contribution is 6.05. The van der Waals surface area contributed by atoms with Gasteiger partial charge in [0.05, 0.1) is 0 Å². The van der Waals surface area contributed by atoms with Crippen molar-refractivity contribution in [3.63, 3.8) is 0 Å². The molecule has 0 bridgehead atoms. The monoisotopic (exact) mass is 271 g/mol. The molecule has 1 aliphatic heterocycles. The molecule has 0 spiro atoms. The van der Waals surface area contributed by atoms with Crippen LogP contribution in [0.5, 0.6) is 0 Å². The van der Waals surface area contributed by atoms with Crippen molar-refractivity contribution >= 4 is 22.4 Å². The average molecular weight is 271 g/mol. The van der Waals surface area contributed by atoms with Crippen molar-refractivity contribution in [2.45, 2.75) is 18.4 Å². The van der Waals surface area contributed by atoms with Gasteiger partial charge in [0.25, 0.3) is 0 Å². The van der Waals surface area contributed by atoms with Gasteiger partial charge in [-0.25, -0.2) is 0 Å². The van der Waals surface area contributed by atoms with Crippen LogP contribution in [0.1, 0.15) is 12.8 Å². The number of carbonyl (C=O) groups excluding carboxylic acids is 1. The van der Waals surface area contributed by atoms with Crippen molar-refractivity contribution < 1.29 is 9.53 Å². The number of hydrogen-bond acceptors (Lipinski definition) is 4. The molecule has 0 unspecified atom stereocenters. The molecule has 1 aliphatic rings. The first-order valence-electron chi connectivity index (χ1n) is 6.70. The summed E-state index contributed by atoms with van der Waals surface area (Å²) in [5, 5.41) is 4.90. The standard InChI is InChI=1S/C15H17N3O2/c16-15(5-8-20-9-6-15)14(19)18-13-3-1-2-11-10-17-7-4-12(11)13/h1-4,7,10H,5-6,8-9,16H2,(H,18,19). The number of rotatable bonds is 2. The Balaban J connectivity index is 1.87. The van der Waals surface area contributed by atoms with Crippen molar-refractivity contribution in [3.05, 3.63) is 36.7 Å². The number of benzene rings is 1. The zero-order valence-electron chi connectivity index (χ0n) is 11.1. The number of amides is 1. The van der Waals surface area contributed by atoms with E-state index in [1.807, 2.05) is 24.3 Å². The minimum Gasteiger partial charge on any atom is -0.381 e. The van der Waals surface area contributed by atoms with Crippen molar-refractivity contribution in [3.8, 4) is 0 Å². The summed E-state index contributed by atoms with van der Waals surface area (Å²) in [6.07, 6.45) is 4.58. The van der Waals surface area contributed by atoms with Gasteiger partial charge in [0, 0.05) is 42.1 Å². The van der Waals surface area contributed by atoms with Gasteiger partial charge in [-0.1, -0.05) is 12.1 Å². The Labute approximate surface area is 117 Å². The zero-order chi connectivity index (χ0) is 14.0. The zero-order valence-corrected chi connectivity index (χ0v) is 11.1. The number of nitrogens with one attached hydrogen (secondary N) is 1. The Morgan fingerprint density at radius 3 is 2.90 bits per heavy atom. The molecule has 0 aliphatic carbocycles. The second-order valence-electron chi connectivity index (χ2n) is 5.13. The number of nitrogens with two attached hydrogens (primary N) is 1. The molecule has 0 atom stereocenters. The van der Waals surface area contributed by atoms with Gasteiger partial charge in [0.15, 0.2) is 0 Å². The molecule has 3 rings (SSSR count). The van der Waals surface area contributed by atoms with E-state index < -0.39 is 5.54 Å². The highest BCUT2D eigenvalue weighted by Crippen LogP contribution is 2.25. The van der Waals surface area contributed by atoms with E-state index in [-0.39, 0.29) is 5.91 Å². The van der Waals surface area contributed by atoms with E-state index in [2.05, 4.69) is 10.3 Å². The lowest BCUT2D eigenvalue weighted by Crippen LogP contribution is -2.54. The summed E-state index contributed by atoms with van der Waals surface area (Å²) in [5.74, 6) is -0.148. The van der Waals surface area contributed by atoms with Crippen LogP contribution in [0.2, 0.25) is 0 Å². The maximum Gasteiger partial charge on any atom is 0.244 e. The van der Waals surface area contributed by atoms with Crippen LogP contribution in [0.15, 0.2) is 36.7 Å². The van der Waals surface area contributed by atoms with Crippen molar-refractivity contribution in [1.82, 2.24) is 4.98 Å². The average Bonchev–Trinajstić information content (AvgIpc) is 2.48. The van der Waals surface area contributed by atoms with Crippen LogP contribution in [0, 0.1) is 0 Å². The quantitative estimate of drug-likeness (QED) is 0.871. The van der Waals surface area contributed by atoms with Gasteiger partial charge in [-0.15, -0.1) is 0 Å². The van der Waals surface area contributed by atoms with E-state index in [4.69, 9.17) is 10.5 Å². The molecule has 1 aromatic carbocycles. The van der Waals surface area contributed by atoms with Crippen molar-refractivity contribution in [2.24, 2.45) is 5.73 Å². The first-order valence-corrected chi connectivity index (χ1v) is 6.70.